The Morgan fingerprint density at radius 3 is 2.40 bits per heavy atom. The molecule has 0 heterocycles. The molecule has 3 nitrogen and oxygen atoms in total. The van der Waals surface area contributed by atoms with Crippen LogP contribution in [-0.4, -0.2) is 19.9 Å². The highest BCUT2D eigenvalue weighted by Crippen LogP contribution is 2.10. The Morgan fingerprint density at radius 1 is 1.33 bits per heavy atom. The van der Waals surface area contributed by atoms with Crippen LogP contribution in [0.2, 0.25) is 0 Å². The number of nitrogens with two attached hydrogens (primary N) is 1. The van der Waals surface area contributed by atoms with Gasteiger partial charge in [0, 0.05) is 6.61 Å². The smallest absolute Gasteiger partial charge is 0.127 e. The predicted octanol–water partition coefficient (Wildman–Crippen LogP) is 2.58. The predicted molar refractivity (Wildman–Crippen MR) is 63.4 cm³/mol. The van der Waals surface area contributed by atoms with E-state index in [-0.39, 0.29) is 6.23 Å². The molecule has 0 aliphatic carbocycles. The monoisotopic (exact) mass is 213 g/mol. The molecule has 0 saturated carbocycles. The van der Waals surface area contributed by atoms with Crippen molar-refractivity contribution in [1.82, 2.24) is 0 Å². The molecule has 0 aromatic carbocycles. The number of hydrogen-bond donors (Lipinski definition) is 1. The lowest BCUT2D eigenvalue weighted by molar-refractivity contribution is 0.0824. The molecule has 3 heteroatoms. The first-order chi connectivity index (χ1) is 7.02. The summed E-state index contributed by atoms with van der Waals surface area (Å²) in [7, 11) is 1.66. The van der Waals surface area contributed by atoms with Crippen LogP contribution >= 0.6 is 0 Å². The molecular weight excluding hydrogens is 190 g/mol. The van der Waals surface area contributed by atoms with Gasteiger partial charge in [-0.25, -0.2) is 0 Å². The van der Waals surface area contributed by atoms with Gasteiger partial charge in [-0.05, 0) is 38.3 Å². The van der Waals surface area contributed by atoms with Gasteiger partial charge in [0.1, 0.15) is 6.23 Å². The Balaban J connectivity index is 4.41. The fourth-order valence-corrected chi connectivity index (χ4v) is 1.06. The molecule has 0 saturated heterocycles. The van der Waals surface area contributed by atoms with Gasteiger partial charge < -0.3 is 15.2 Å². The summed E-state index contributed by atoms with van der Waals surface area (Å²) in [4.78, 5) is 0. The summed E-state index contributed by atoms with van der Waals surface area (Å²) in [6, 6.07) is 0. The highest BCUT2D eigenvalue weighted by atomic mass is 16.5. The molecule has 1 atom stereocenters. The molecule has 0 spiro atoms. The maximum Gasteiger partial charge on any atom is 0.127 e. The quantitative estimate of drug-likeness (QED) is 0.419. The SMILES string of the molecule is CCCOC(N)/C(C)=C\C(C)=C(/C)OC. The van der Waals surface area contributed by atoms with Gasteiger partial charge >= 0.3 is 0 Å². The standard InChI is InChI=1S/C12H23NO2/c1-6-7-15-12(13)10(3)8-9(2)11(4)14-5/h8,12H,6-7,13H2,1-5H3/b10-8-,11-9+. The van der Waals surface area contributed by atoms with Gasteiger partial charge in [0.05, 0.1) is 12.9 Å². The molecule has 0 aliphatic heterocycles. The minimum Gasteiger partial charge on any atom is -0.501 e. The van der Waals surface area contributed by atoms with Gasteiger partial charge in [0.15, 0.2) is 0 Å². The van der Waals surface area contributed by atoms with Crippen LogP contribution < -0.4 is 5.73 Å². The Bertz CT molecular complexity index is 244. The van der Waals surface area contributed by atoms with E-state index < -0.39 is 0 Å². The van der Waals surface area contributed by atoms with Crippen molar-refractivity contribution >= 4 is 0 Å². The molecule has 0 fully saturated rings. The summed E-state index contributed by atoms with van der Waals surface area (Å²) in [5.41, 5.74) is 7.93. The minimum atomic E-state index is -0.315. The van der Waals surface area contributed by atoms with Crippen LogP contribution in [0.5, 0.6) is 0 Å². The van der Waals surface area contributed by atoms with E-state index in [0.29, 0.717) is 6.61 Å². The Hall–Kier alpha value is -0.800. The average Bonchev–Trinajstić information content (AvgIpc) is 2.24. The Labute approximate surface area is 92.9 Å². The number of rotatable bonds is 6. The molecule has 0 aromatic heterocycles. The summed E-state index contributed by atoms with van der Waals surface area (Å²) in [5, 5.41) is 0. The zero-order chi connectivity index (χ0) is 11.8. The van der Waals surface area contributed by atoms with E-state index in [1.54, 1.807) is 7.11 Å². The minimum absolute atomic E-state index is 0.315. The second kappa shape index (κ2) is 7.49. The largest absolute Gasteiger partial charge is 0.501 e. The molecule has 0 aromatic rings. The number of hydrogen-bond acceptors (Lipinski definition) is 3. The number of methoxy groups -OCH3 is 1. The van der Waals surface area contributed by atoms with Crippen LogP contribution in [0.15, 0.2) is 23.0 Å². The lowest BCUT2D eigenvalue weighted by Crippen LogP contribution is -2.25. The van der Waals surface area contributed by atoms with Crippen molar-refractivity contribution in [3.05, 3.63) is 23.0 Å². The lowest BCUT2D eigenvalue weighted by Gasteiger charge is -2.13. The first kappa shape index (κ1) is 14.2. The number of ether oxygens (including phenoxy) is 2. The number of allylic oxidation sites excluding steroid dienone is 3. The van der Waals surface area contributed by atoms with Crippen molar-refractivity contribution in [2.45, 2.75) is 40.3 Å². The molecule has 88 valence electrons. The van der Waals surface area contributed by atoms with Crippen LogP contribution in [0.4, 0.5) is 0 Å². The van der Waals surface area contributed by atoms with Crippen molar-refractivity contribution in [2.75, 3.05) is 13.7 Å². The fraction of sp³-hybridized carbons (Fsp3) is 0.667. The summed E-state index contributed by atoms with van der Waals surface area (Å²) in [6.45, 7) is 8.64. The first-order valence-electron chi connectivity index (χ1n) is 5.29. The topological polar surface area (TPSA) is 44.5 Å². The summed E-state index contributed by atoms with van der Waals surface area (Å²) in [6.07, 6.45) is 2.66. The van der Waals surface area contributed by atoms with Crippen LogP contribution in [0.3, 0.4) is 0 Å². The molecule has 15 heavy (non-hydrogen) atoms. The zero-order valence-electron chi connectivity index (χ0n) is 10.5. The third-order valence-corrected chi connectivity index (χ3v) is 2.26. The summed E-state index contributed by atoms with van der Waals surface area (Å²) in [5.74, 6) is 0.900. The van der Waals surface area contributed by atoms with Crippen molar-refractivity contribution in [2.24, 2.45) is 5.73 Å². The van der Waals surface area contributed by atoms with Crippen LogP contribution in [0.25, 0.3) is 0 Å². The van der Waals surface area contributed by atoms with E-state index in [9.17, 15) is 0 Å². The van der Waals surface area contributed by atoms with Crippen molar-refractivity contribution in [3.8, 4) is 0 Å². The van der Waals surface area contributed by atoms with Crippen molar-refractivity contribution in [1.29, 1.82) is 0 Å². The van der Waals surface area contributed by atoms with Gasteiger partial charge in [-0.15, -0.1) is 0 Å². The zero-order valence-corrected chi connectivity index (χ0v) is 10.5. The van der Waals surface area contributed by atoms with Crippen LogP contribution in [-0.2, 0) is 9.47 Å². The normalized spacial score (nSPS) is 16.0. The Morgan fingerprint density at radius 2 is 1.93 bits per heavy atom. The van der Waals surface area contributed by atoms with Crippen molar-refractivity contribution in [3.63, 3.8) is 0 Å². The third kappa shape index (κ3) is 5.60. The van der Waals surface area contributed by atoms with Gasteiger partial charge in [0.25, 0.3) is 0 Å². The lowest BCUT2D eigenvalue weighted by atomic mass is 10.1. The van der Waals surface area contributed by atoms with Gasteiger partial charge in [-0.3, -0.25) is 0 Å². The second-order valence-corrected chi connectivity index (χ2v) is 3.62. The molecule has 0 amide bonds. The Kier molecular flexibility index (Phi) is 7.09. The fourth-order valence-electron chi connectivity index (χ4n) is 1.06. The summed E-state index contributed by atoms with van der Waals surface area (Å²) < 4.78 is 10.5. The first-order valence-corrected chi connectivity index (χ1v) is 5.29. The van der Waals surface area contributed by atoms with Crippen molar-refractivity contribution < 1.29 is 9.47 Å². The van der Waals surface area contributed by atoms with Crippen LogP contribution in [0.1, 0.15) is 34.1 Å². The molecule has 0 rings (SSSR count). The molecule has 0 bridgehead atoms. The van der Waals surface area contributed by atoms with Gasteiger partial charge in [-0.2, -0.15) is 0 Å². The maximum atomic E-state index is 5.84. The third-order valence-electron chi connectivity index (χ3n) is 2.26. The van der Waals surface area contributed by atoms with E-state index in [1.165, 1.54) is 0 Å². The molecular formula is C12H23NO2. The van der Waals surface area contributed by atoms with E-state index in [0.717, 1.165) is 23.3 Å². The molecule has 1 unspecified atom stereocenters. The average molecular weight is 213 g/mol. The highest BCUT2D eigenvalue weighted by Gasteiger charge is 2.04. The van der Waals surface area contributed by atoms with Gasteiger partial charge in [-0.1, -0.05) is 13.0 Å². The van der Waals surface area contributed by atoms with E-state index >= 15 is 0 Å². The second-order valence-electron chi connectivity index (χ2n) is 3.62. The van der Waals surface area contributed by atoms with E-state index in [2.05, 4.69) is 6.92 Å². The molecule has 2 N–H and O–H groups in total. The maximum absolute atomic E-state index is 5.84. The van der Waals surface area contributed by atoms with Crippen LogP contribution in [0, 0.1) is 0 Å². The summed E-state index contributed by atoms with van der Waals surface area (Å²) >= 11 is 0. The highest BCUT2D eigenvalue weighted by molar-refractivity contribution is 5.24. The van der Waals surface area contributed by atoms with E-state index in [1.807, 2.05) is 26.8 Å². The molecule has 0 aliphatic rings. The van der Waals surface area contributed by atoms with Gasteiger partial charge in [0.2, 0.25) is 0 Å². The van der Waals surface area contributed by atoms with E-state index in [4.69, 9.17) is 15.2 Å². The molecule has 0 radical (unpaired) electrons.